The lowest BCUT2D eigenvalue weighted by Crippen LogP contribution is -3.10. The highest BCUT2D eigenvalue weighted by atomic mass is 32.1. The number of nitrogens with zero attached hydrogens (tertiary/aromatic N) is 3. The van der Waals surface area contributed by atoms with Crippen LogP contribution in [0.1, 0.15) is 47.6 Å². The van der Waals surface area contributed by atoms with Crippen molar-refractivity contribution in [3.63, 3.8) is 0 Å². The fourth-order valence-corrected chi connectivity index (χ4v) is 4.83. The Labute approximate surface area is 145 Å². The zero-order chi connectivity index (χ0) is 16.7. The molecule has 1 aromatic carbocycles. The number of rotatable bonds is 4. The third-order valence-electron chi connectivity index (χ3n) is 4.85. The van der Waals surface area contributed by atoms with Gasteiger partial charge in [0.15, 0.2) is 11.9 Å². The maximum Gasteiger partial charge on any atom is 0.235 e. The van der Waals surface area contributed by atoms with E-state index in [-0.39, 0.29) is 11.9 Å². The van der Waals surface area contributed by atoms with E-state index in [9.17, 15) is 5.11 Å². The Balaban J connectivity index is 1.83. The molecule has 3 aromatic rings. The number of fused-ring (bicyclic) bond motifs is 1. The van der Waals surface area contributed by atoms with Gasteiger partial charge in [0.1, 0.15) is 4.88 Å². The van der Waals surface area contributed by atoms with Crippen LogP contribution in [0.25, 0.3) is 4.96 Å². The smallest absolute Gasteiger partial charge is 0.235 e. The lowest BCUT2D eigenvalue weighted by molar-refractivity contribution is -0.913. The van der Waals surface area contributed by atoms with Crippen LogP contribution in [-0.2, 0) is 6.42 Å². The zero-order valence-corrected chi connectivity index (χ0v) is 14.9. The fraction of sp³-hybridized carbons (Fsp3) is 0.444. The van der Waals surface area contributed by atoms with Gasteiger partial charge in [0.05, 0.1) is 13.1 Å². The molecule has 6 heteroatoms. The minimum absolute atomic E-state index is 0.158. The largest absolute Gasteiger partial charge is 0.492 e. The molecule has 0 radical (unpaired) electrons. The molecule has 0 aliphatic carbocycles. The maximum absolute atomic E-state index is 10.8. The number of aromatic hydroxyl groups is 1. The number of aromatic nitrogens is 3. The summed E-state index contributed by atoms with van der Waals surface area (Å²) in [7, 11) is 0. The first-order valence-electron chi connectivity index (χ1n) is 8.66. The molecule has 2 N–H and O–H groups in total. The van der Waals surface area contributed by atoms with Gasteiger partial charge in [0.2, 0.25) is 10.8 Å². The van der Waals surface area contributed by atoms with Gasteiger partial charge in [-0.15, -0.1) is 5.10 Å². The molecule has 1 atom stereocenters. The van der Waals surface area contributed by atoms with Crippen LogP contribution >= 0.6 is 11.3 Å². The first kappa shape index (κ1) is 15.6. The molecule has 4 rings (SSSR count). The molecule has 3 heterocycles. The number of likely N-dealkylation sites (tertiary alicyclic amines) is 1. The maximum atomic E-state index is 10.8. The molecule has 0 bridgehead atoms. The van der Waals surface area contributed by atoms with Crippen molar-refractivity contribution in [2.24, 2.45) is 0 Å². The molecular formula is C18H23N4OS+. The summed E-state index contributed by atoms with van der Waals surface area (Å²) < 4.78 is 1.61. The van der Waals surface area contributed by atoms with Crippen molar-refractivity contribution in [3.8, 4) is 5.88 Å². The number of hydrogen-bond acceptors (Lipinski definition) is 4. The quantitative estimate of drug-likeness (QED) is 0.763. The Hall–Kier alpha value is -1.92. The SMILES string of the molecule is CCc1nc2sc([C@@H](c3cccc(C)c3)[NH+]3CCCC3)c(O)n2n1. The number of quaternary nitrogens is 1. The van der Waals surface area contributed by atoms with Gasteiger partial charge in [-0.1, -0.05) is 42.0 Å². The first-order valence-corrected chi connectivity index (χ1v) is 9.47. The zero-order valence-electron chi connectivity index (χ0n) is 14.1. The second kappa shape index (κ2) is 6.18. The molecule has 5 nitrogen and oxygen atoms in total. The molecule has 0 amide bonds. The molecule has 1 fully saturated rings. The Morgan fingerprint density at radius 1 is 1.33 bits per heavy atom. The van der Waals surface area contributed by atoms with Crippen LogP contribution in [0.2, 0.25) is 0 Å². The van der Waals surface area contributed by atoms with E-state index in [4.69, 9.17) is 0 Å². The summed E-state index contributed by atoms with van der Waals surface area (Å²) in [6.45, 7) is 6.44. The third kappa shape index (κ3) is 2.59. The molecule has 2 aromatic heterocycles. The van der Waals surface area contributed by atoms with E-state index in [0.29, 0.717) is 0 Å². The number of benzene rings is 1. The predicted molar refractivity (Wildman–Crippen MR) is 94.9 cm³/mol. The van der Waals surface area contributed by atoms with Crippen molar-refractivity contribution in [1.82, 2.24) is 14.6 Å². The molecule has 1 aliphatic heterocycles. The van der Waals surface area contributed by atoms with Gasteiger partial charge in [-0.2, -0.15) is 4.52 Å². The van der Waals surface area contributed by atoms with E-state index in [2.05, 4.69) is 41.3 Å². The topological polar surface area (TPSA) is 54.9 Å². The summed E-state index contributed by atoms with van der Waals surface area (Å²) in [6.07, 6.45) is 3.28. The van der Waals surface area contributed by atoms with Crippen molar-refractivity contribution in [3.05, 3.63) is 46.1 Å². The Morgan fingerprint density at radius 2 is 2.12 bits per heavy atom. The molecule has 0 saturated carbocycles. The Bertz CT molecular complexity index is 863. The van der Waals surface area contributed by atoms with Crippen LogP contribution in [-0.4, -0.2) is 32.8 Å². The second-order valence-electron chi connectivity index (χ2n) is 6.58. The lowest BCUT2D eigenvalue weighted by atomic mass is 10.0. The van der Waals surface area contributed by atoms with Crippen molar-refractivity contribution in [2.75, 3.05) is 13.1 Å². The number of thiazole rings is 1. The lowest BCUT2D eigenvalue weighted by Gasteiger charge is -2.24. The normalized spacial score (nSPS) is 16.9. The molecule has 126 valence electrons. The summed E-state index contributed by atoms with van der Waals surface area (Å²) in [4.78, 5) is 7.83. The summed E-state index contributed by atoms with van der Waals surface area (Å²) >= 11 is 1.57. The third-order valence-corrected chi connectivity index (χ3v) is 5.94. The fourth-order valence-electron chi connectivity index (χ4n) is 3.67. The Kier molecular flexibility index (Phi) is 4.02. The van der Waals surface area contributed by atoms with Crippen LogP contribution in [0.5, 0.6) is 5.88 Å². The Morgan fingerprint density at radius 3 is 2.79 bits per heavy atom. The van der Waals surface area contributed by atoms with E-state index in [1.54, 1.807) is 15.9 Å². The molecular weight excluding hydrogens is 320 g/mol. The van der Waals surface area contributed by atoms with Crippen LogP contribution in [0, 0.1) is 6.92 Å². The van der Waals surface area contributed by atoms with Crippen molar-refractivity contribution in [2.45, 2.75) is 39.2 Å². The summed E-state index contributed by atoms with van der Waals surface area (Å²) in [5.41, 5.74) is 2.52. The van der Waals surface area contributed by atoms with Crippen LogP contribution in [0.4, 0.5) is 0 Å². The number of nitrogens with one attached hydrogen (secondary N) is 1. The van der Waals surface area contributed by atoms with Gasteiger partial charge in [0, 0.05) is 24.8 Å². The van der Waals surface area contributed by atoms with Gasteiger partial charge in [-0.25, -0.2) is 4.98 Å². The van der Waals surface area contributed by atoms with Crippen LogP contribution in [0.15, 0.2) is 24.3 Å². The highest BCUT2D eigenvalue weighted by Crippen LogP contribution is 2.35. The summed E-state index contributed by atoms with van der Waals surface area (Å²) in [5.74, 6) is 1.04. The van der Waals surface area contributed by atoms with Crippen molar-refractivity contribution >= 4 is 16.3 Å². The van der Waals surface area contributed by atoms with Crippen molar-refractivity contribution in [1.29, 1.82) is 0 Å². The summed E-state index contributed by atoms with van der Waals surface area (Å²) in [5, 5.41) is 15.2. The summed E-state index contributed by atoms with van der Waals surface area (Å²) in [6, 6.07) is 8.80. The van der Waals surface area contributed by atoms with E-state index in [1.165, 1.54) is 28.9 Å². The van der Waals surface area contributed by atoms with Gasteiger partial charge < -0.3 is 10.0 Å². The van der Waals surface area contributed by atoms with Gasteiger partial charge in [0.25, 0.3) is 0 Å². The van der Waals surface area contributed by atoms with Crippen LogP contribution < -0.4 is 4.90 Å². The second-order valence-corrected chi connectivity index (χ2v) is 7.59. The molecule has 1 aliphatic rings. The standard InChI is InChI=1S/C18H22N4OS/c1-3-14-19-18-22(20-14)17(23)16(24-18)15(21-9-4-5-10-21)13-8-6-7-12(2)11-13/h6-8,11,15,23H,3-5,9-10H2,1-2H3/p+1/t15-/m1/s1. The molecule has 0 unspecified atom stereocenters. The average Bonchev–Trinajstić information content (AvgIpc) is 3.28. The van der Waals surface area contributed by atoms with Gasteiger partial charge >= 0.3 is 0 Å². The first-order chi connectivity index (χ1) is 11.7. The highest BCUT2D eigenvalue weighted by Gasteiger charge is 2.34. The predicted octanol–water partition coefficient (Wildman–Crippen LogP) is 2.14. The molecule has 0 spiro atoms. The highest BCUT2D eigenvalue weighted by molar-refractivity contribution is 7.17. The monoisotopic (exact) mass is 343 g/mol. The molecule has 24 heavy (non-hydrogen) atoms. The van der Waals surface area contributed by atoms with Gasteiger partial charge in [-0.05, 0) is 13.0 Å². The number of aryl methyl sites for hydroxylation is 2. The van der Waals surface area contributed by atoms with Crippen molar-refractivity contribution < 1.29 is 10.0 Å². The minimum atomic E-state index is 0.158. The van der Waals surface area contributed by atoms with Gasteiger partial charge in [-0.3, -0.25) is 0 Å². The average molecular weight is 343 g/mol. The molecule has 1 saturated heterocycles. The van der Waals surface area contributed by atoms with E-state index >= 15 is 0 Å². The van der Waals surface area contributed by atoms with E-state index in [1.807, 2.05) is 6.92 Å². The van der Waals surface area contributed by atoms with Crippen LogP contribution in [0.3, 0.4) is 0 Å². The van der Waals surface area contributed by atoms with E-state index < -0.39 is 0 Å². The van der Waals surface area contributed by atoms with E-state index in [0.717, 1.165) is 35.2 Å². The number of hydrogen-bond donors (Lipinski definition) is 2. The minimum Gasteiger partial charge on any atom is -0.492 e.